The summed E-state index contributed by atoms with van der Waals surface area (Å²) in [6, 6.07) is 0. The first-order valence-corrected chi connectivity index (χ1v) is 9.10. The van der Waals surface area contributed by atoms with Crippen molar-refractivity contribution < 1.29 is 20.4 Å². The van der Waals surface area contributed by atoms with Gasteiger partial charge in [0.15, 0.2) is 0 Å². The molecule has 24 heavy (non-hydrogen) atoms. The van der Waals surface area contributed by atoms with Gasteiger partial charge in [0.2, 0.25) is 0 Å². The van der Waals surface area contributed by atoms with Gasteiger partial charge in [-0.1, -0.05) is 37.6 Å². The molecule has 0 aromatic heterocycles. The molecule has 4 heteroatoms. The molecule has 4 nitrogen and oxygen atoms in total. The highest BCUT2D eigenvalue weighted by Gasteiger charge is 2.31. The fraction of sp³-hybridized carbons (Fsp3) is 0.800. The van der Waals surface area contributed by atoms with E-state index in [9.17, 15) is 20.4 Å². The molecule has 0 bridgehead atoms. The van der Waals surface area contributed by atoms with E-state index < -0.39 is 23.4 Å². The molecule has 0 unspecified atom stereocenters. The molecular formula is C20H36O4. The highest BCUT2D eigenvalue weighted by atomic mass is 16.3. The summed E-state index contributed by atoms with van der Waals surface area (Å²) in [4.78, 5) is 0. The molecule has 0 saturated heterocycles. The van der Waals surface area contributed by atoms with Crippen LogP contribution in [0, 0.1) is 11.8 Å². The summed E-state index contributed by atoms with van der Waals surface area (Å²) in [6.07, 6.45) is 6.52. The second-order valence-electron chi connectivity index (χ2n) is 8.36. The summed E-state index contributed by atoms with van der Waals surface area (Å²) < 4.78 is 0. The minimum atomic E-state index is -1.13. The first-order valence-electron chi connectivity index (χ1n) is 9.10. The van der Waals surface area contributed by atoms with Gasteiger partial charge in [0, 0.05) is 6.42 Å². The average Bonchev–Trinajstić information content (AvgIpc) is 2.42. The van der Waals surface area contributed by atoms with Crippen LogP contribution in [0.2, 0.25) is 0 Å². The largest absolute Gasteiger partial charge is 0.390 e. The predicted molar refractivity (Wildman–Crippen MR) is 97.6 cm³/mol. The zero-order valence-corrected chi connectivity index (χ0v) is 15.9. The SMILES string of the molecule is C/C1=C\[C@H](O)C[C@@](C)(O)/C=C/[C@H](C(C)C)CC[C@](C)(O)[C@@H](O)CC1. The Labute approximate surface area is 146 Å². The second-order valence-corrected chi connectivity index (χ2v) is 8.36. The summed E-state index contributed by atoms with van der Waals surface area (Å²) >= 11 is 0. The smallest absolute Gasteiger partial charge is 0.0877 e. The fourth-order valence-corrected chi connectivity index (χ4v) is 3.25. The van der Waals surface area contributed by atoms with Gasteiger partial charge >= 0.3 is 0 Å². The highest BCUT2D eigenvalue weighted by Crippen LogP contribution is 2.29. The van der Waals surface area contributed by atoms with Crippen molar-refractivity contribution in [2.75, 3.05) is 0 Å². The van der Waals surface area contributed by atoms with Gasteiger partial charge in [-0.3, -0.25) is 0 Å². The topological polar surface area (TPSA) is 80.9 Å². The van der Waals surface area contributed by atoms with Gasteiger partial charge in [-0.2, -0.15) is 0 Å². The minimum Gasteiger partial charge on any atom is -0.390 e. The number of allylic oxidation sites excluding steroid dienone is 2. The van der Waals surface area contributed by atoms with Crippen LogP contribution in [0.15, 0.2) is 23.8 Å². The molecule has 0 spiro atoms. The Kier molecular flexibility index (Phi) is 7.67. The zero-order valence-electron chi connectivity index (χ0n) is 15.9. The third-order valence-electron chi connectivity index (χ3n) is 5.17. The highest BCUT2D eigenvalue weighted by molar-refractivity contribution is 5.08. The molecule has 0 amide bonds. The Morgan fingerprint density at radius 1 is 1.12 bits per heavy atom. The Morgan fingerprint density at radius 3 is 2.33 bits per heavy atom. The molecule has 140 valence electrons. The van der Waals surface area contributed by atoms with Crippen molar-refractivity contribution >= 4 is 0 Å². The molecule has 0 aromatic rings. The normalized spacial score (nSPS) is 43.8. The van der Waals surface area contributed by atoms with Crippen molar-refractivity contribution in [3.05, 3.63) is 23.8 Å². The number of hydrogen-bond donors (Lipinski definition) is 4. The number of rotatable bonds is 1. The molecule has 1 aliphatic carbocycles. The second kappa shape index (κ2) is 8.61. The summed E-state index contributed by atoms with van der Waals surface area (Å²) in [5, 5.41) is 41.6. The fourth-order valence-electron chi connectivity index (χ4n) is 3.25. The van der Waals surface area contributed by atoms with Crippen LogP contribution >= 0.6 is 0 Å². The van der Waals surface area contributed by atoms with Gasteiger partial charge < -0.3 is 20.4 Å². The van der Waals surface area contributed by atoms with E-state index in [1.165, 1.54) is 0 Å². The summed E-state index contributed by atoms with van der Waals surface area (Å²) in [6.45, 7) is 9.52. The van der Waals surface area contributed by atoms with Crippen LogP contribution in [0.4, 0.5) is 0 Å². The van der Waals surface area contributed by atoms with E-state index in [2.05, 4.69) is 13.8 Å². The maximum absolute atomic E-state index is 10.6. The average molecular weight is 341 g/mol. The number of hydrogen-bond acceptors (Lipinski definition) is 4. The van der Waals surface area contributed by atoms with E-state index in [4.69, 9.17) is 0 Å². The Hall–Kier alpha value is -0.680. The van der Waals surface area contributed by atoms with Crippen LogP contribution in [-0.2, 0) is 0 Å². The van der Waals surface area contributed by atoms with E-state index in [1.54, 1.807) is 26.0 Å². The van der Waals surface area contributed by atoms with Crippen LogP contribution in [0.3, 0.4) is 0 Å². The molecule has 0 fully saturated rings. The molecule has 1 rings (SSSR count). The standard InChI is InChI=1S/C20H36O4/c1-14(2)16-8-10-19(4,23)13-17(21)12-15(3)6-7-18(22)20(5,24)11-9-16/h8,10,12,14,16-18,21-24H,6-7,9,11,13H2,1-5H3/b10-8+,15-12+/t16-,17-,18-,19-,20-/m0/s1. The Balaban J connectivity index is 3.06. The van der Waals surface area contributed by atoms with E-state index in [0.29, 0.717) is 25.2 Å². The molecule has 0 aliphatic heterocycles. The molecule has 0 radical (unpaired) electrons. The lowest BCUT2D eigenvalue weighted by Gasteiger charge is -2.32. The maximum atomic E-state index is 10.6. The van der Waals surface area contributed by atoms with Crippen molar-refractivity contribution in [1.82, 2.24) is 0 Å². The summed E-state index contributed by atoms with van der Waals surface area (Å²) in [7, 11) is 0. The van der Waals surface area contributed by atoms with E-state index in [1.807, 2.05) is 13.0 Å². The lowest BCUT2D eigenvalue weighted by atomic mass is 9.82. The molecule has 0 aromatic carbocycles. The van der Waals surface area contributed by atoms with Gasteiger partial charge in [-0.15, -0.1) is 0 Å². The number of aliphatic hydroxyl groups is 4. The molecule has 5 atom stereocenters. The zero-order chi connectivity index (χ0) is 18.5. The van der Waals surface area contributed by atoms with Crippen LogP contribution in [0.1, 0.15) is 66.7 Å². The van der Waals surface area contributed by atoms with Crippen LogP contribution in [0.25, 0.3) is 0 Å². The molecular weight excluding hydrogens is 304 g/mol. The van der Waals surface area contributed by atoms with Crippen molar-refractivity contribution in [3.8, 4) is 0 Å². The van der Waals surface area contributed by atoms with Crippen LogP contribution < -0.4 is 0 Å². The Morgan fingerprint density at radius 2 is 1.75 bits per heavy atom. The monoisotopic (exact) mass is 340 g/mol. The first kappa shape index (κ1) is 21.4. The lowest BCUT2D eigenvalue weighted by Crippen LogP contribution is -2.40. The van der Waals surface area contributed by atoms with Gasteiger partial charge in [-0.25, -0.2) is 0 Å². The molecule has 4 N–H and O–H groups in total. The van der Waals surface area contributed by atoms with E-state index in [0.717, 1.165) is 12.0 Å². The lowest BCUT2D eigenvalue weighted by molar-refractivity contribution is -0.0728. The van der Waals surface area contributed by atoms with Crippen LogP contribution in [-0.4, -0.2) is 43.8 Å². The third-order valence-corrected chi connectivity index (χ3v) is 5.17. The summed E-state index contributed by atoms with van der Waals surface area (Å²) in [5.41, 5.74) is -1.25. The van der Waals surface area contributed by atoms with Crippen molar-refractivity contribution in [3.63, 3.8) is 0 Å². The van der Waals surface area contributed by atoms with E-state index in [-0.39, 0.29) is 12.3 Å². The first-order chi connectivity index (χ1) is 10.9. The maximum Gasteiger partial charge on any atom is 0.0877 e. The molecule has 1 aliphatic rings. The quantitative estimate of drug-likeness (QED) is 0.553. The van der Waals surface area contributed by atoms with Gasteiger partial charge in [0.1, 0.15) is 0 Å². The Bertz CT molecular complexity index is 449. The van der Waals surface area contributed by atoms with E-state index >= 15 is 0 Å². The van der Waals surface area contributed by atoms with Crippen molar-refractivity contribution in [2.45, 2.75) is 90.1 Å². The number of aliphatic hydroxyl groups excluding tert-OH is 2. The molecule has 0 heterocycles. The van der Waals surface area contributed by atoms with Crippen molar-refractivity contribution in [2.24, 2.45) is 11.8 Å². The minimum absolute atomic E-state index is 0.201. The van der Waals surface area contributed by atoms with Gasteiger partial charge in [-0.05, 0) is 58.3 Å². The third kappa shape index (κ3) is 7.06. The van der Waals surface area contributed by atoms with Gasteiger partial charge in [0.05, 0.1) is 23.4 Å². The molecule has 0 saturated carbocycles. The van der Waals surface area contributed by atoms with Crippen LogP contribution in [0.5, 0.6) is 0 Å². The van der Waals surface area contributed by atoms with Crippen molar-refractivity contribution in [1.29, 1.82) is 0 Å². The van der Waals surface area contributed by atoms with Gasteiger partial charge in [0.25, 0.3) is 0 Å². The predicted octanol–water partition coefficient (Wildman–Crippen LogP) is 2.95. The summed E-state index contributed by atoms with van der Waals surface area (Å²) in [5.74, 6) is 0.567.